The third-order valence-corrected chi connectivity index (χ3v) is 5.51. The van der Waals surface area contributed by atoms with Crippen molar-refractivity contribution < 1.29 is 13.9 Å². The van der Waals surface area contributed by atoms with E-state index in [-0.39, 0.29) is 18.5 Å². The van der Waals surface area contributed by atoms with Crippen molar-refractivity contribution >= 4 is 17.4 Å². The summed E-state index contributed by atoms with van der Waals surface area (Å²) in [6.07, 6.45) is 7.12. The summed E-state index contributed by atoms with van der Waals surface area (Å²) in [5.74, 6) is -0.0547. The first-order valence-electron chi connectivity index (χ1n) is 10.8. The van der Waals surface area contributed by atoms with Gasteiger partial charge in [0.1, 0.15) is 17.2 Å². The SMILES string of the molecule is CCNCCc1ncc(F)cc1[C@@H]1CCCN1c1ccn2ncc(C(=O)OCC)c2n1. The molecule has 164 valence electrons. The van der Waals surface area contributed by atoms with E-state index in [4.69, 9.17) is 9.72 Å². The number of halogens is 1. The van der Waals surface area contributed by atoms with E-state index in [0.717, 1.165) is 56.0 Å². The van der Waals surface area contributed by atoms with Crippen LogP contribution in [0.4, 0.5) is 10.2 Å². The monoisotopic (exact) mass is 426 g/mol. The molecule has 1 aliphatic rings. The Morgan fingerprint density at radius 3 is 3.03 bits per heavy atom. The molecule has 0 bridgehead atoms. The number of anilines is 1. The highest BCUT2D eigenvalue weighted by atomic mass is 19.1. The van der Waals surface area contributed by atoms with E-state index in [2.05, 4.69) is 27.2 Å². The lowest BCUT2D eigenvalue weighted by molar-refractivity contribution is 0.0528. The molecule has 0 aliphatic carbocycles. The number of nitrogens with one attached hydrogen (secondary N) is 1. The maximum Gasteiger partial charge on any atom is 0.343 e. The van der Waals surface area contributed by atoms with Crippen LogP contribution in [0.15, 0.2) is 30.7 Å². The van der Waals surface area contributed by atoms with Crippen LogP contribution in [0.25, 0.3) is 5.65 Å². The van der Waals surface area contributed by atoms with Crippen LogP contribution in [0.1, 0.15) is 54.3 Å². The van der Waals surface area contributed by atoms with E-state index in [1.54, 1.807) is 23.7 Å². The van der Waals surface area contributed by atoms with E-state index in [9.17, 15) is 9.18 Å². The predicted molar refractivity (Wildman–Crippen MR) is 115 cm³/mol. The van der Waals surface area contributed by atoms with Crippen LogP contribution in [0, 0.1) is 5.82 Å². The van der Waals surface area contributed by atoms with Crippen LogP contribution in [0.2, 0.25) is 0 Å². The molecule has 9 heteroatoms. The third-order valence-electron chi connectivity index (χ3n) is 5.51. The summed E-state index contributed by atoms with van der Waals surface area (Å²) < 4.78 is 20.8. The summed E-state index contributed by atoms with van der Waals surface area (Å²) in [6, 6.07) is 3.44. The van der Waals surface area contributed by atoms with Crippen molar-refractivity contribution in [2.45, 2.75) is 39.2 Å². The quantitative estimate of drug-likeness (QED) is 0.438. The fourth-order valence-corrected chi connectivity index (χ4v) is 4.10. The van der Waals surface area contributed by atoms with Crippen molar-refractivity contribution in [1.29, 1.82) is 0 Å². The second kappa shape index (κ2) is 9.38. The molecule has 0 spiro atoms. The average molecular weight is 426 g/mol. The summed E-state index contributed by atoms with van der Waals surface area (Å²) >= 11 is 0. The molecule has 31 heavy (non-hydrogen) atoms. The Morgan fingerprint density at radius 1 is 1.35 bits per heavy atom. The van der Waals surface area contributed by atoms with Gasteiger partial charge in [0, 0.05) is 31.4 Å². The summed E-state index contributed by atoms with van der Waals surface area (Å²) in [4.78, 5) is 23.5. The van der Waals surface area contributed by atoms with Crippen molar-refractivity contribution in [3.8, 4) is 0 Å². The summed E-state index contributed by atoms with van der Waals surface area (Å²) in [6.45, 7) is 6.56. The number of pyridine rings is 1. The number of hydrogen-bond acceptors (Lipinski definition) is 7. The van der Waals surface area contributed by atoms with E-state index >= 15 is 0 Å². The number of esters is 1. The van der Waals surface area contributed by atoms with Gasteiger partial charge >= 0.3 is 5.97 Å². The Morgan fingerprint density at radius 2 is 2.23 bits per heavy atom. The van der Waals surface area contributed by atoms with Crippen LogP contribution >= 0.6 is 0 Å². The van der Waals surface area contributed by atoms with Gasteiger partial charge in [-0.3, -0.25) is 4.98 Å². The van der Waals surface area contributed by atoms with Gasteiger partial charge in [-0.15, -0.1) is 0 Å². The fraction of sp³-hybridized carbons (Fsp3) is 0.455. The lowest BCUT2D eigenvalue weighted by Crippen LogP contribution is -2.26. The molecule has 1 N–H and O–H groups in total. The molecule has 0 unspecified atom stereocenters. The normalized spacial score (nSPS) is 16.2. The van der Waals surface area contributed by atoms with Crippen LogP contribution < -0.4 is 10.2 Å². The van der Waals surface area contributed by atoms with Crippen LogP contribution in [-0.2, 0) is 11.2 Å². The van der Waals surface area contributed by atoms with Gasteiger partial charge in [-0.25, -0.2) is 18.7 Å². The molecule has 0 aromatic carbocycles. The fourth-order valence-electron chi connectivity index (χ4n) is 4.10. The molecule has 3 aromatic rings. The number of carbonyl (C=O) groups is 1. The minimum atomic E-state index is -0.444. The van der Waals surface area contributed by atoms with Gasteiger partial charge in [-0.05, 0) is 44.0 Å². The van der Waals surface area contributed by atoms with Crippen molar-refractivity contribution in [2.24, 2.45) is 0 Å². The molecule has 1 atom stereocenters. The Labute approximate surface area is 180 Å². The van der Waals surface area contributed by atoms with Crippen LogP contribution in [0.5, 0.6) is 0 Å². The van der Waals surface area contributed by atoms with Crippen LogP contribution in [0.3, 0.4) is 0 Å². The van der Waals surface area contributed by atoms with E-state index in [1.807, 2.05) is 6.07 Å². The molecule has 8 nitrogen and oxygen atoms in total. The van der Waals surface area contributed by atoms with Gasteiger partial charge in [-0.1, -0.05) is 6.92 Å². The molecule has 1 saturated heterocycles. The number of fused-ring (bicyclic) bond motifs is 1. The van der Waals surface area contributed by atoms with E-state index in [1.165, 1.54) is 12.4 Å². The Hall–Kier alpha value is -3.07. The van der Waals surface area contributed by atoms with Crippen LogP contribution in [-0.4, -0.2) is 51.8 Å². The topological polar surface area (TPSA) is 84.7 Å². The van der Waals surface area contributed by atoms with Crippen molar-refractivity contribution in [3.63, 3.8) is 0 Å². The first kappa shape index (κ1) is 21.2. The minimum absolute atomic E-state index is 0.0243. The maximum absolute atomic E-state index is 14.1. The number of likely N-dealkylation sites (N-methyl/N-ethyl adjacent to an activating group) is 1. The second-order valence-electron chi connectivity index (χ2n) is 7.48. The highest BCUT2D eigenvalue weighted by molar-refractivity contribution is 5.95. The molecule has 3 aromatic heterocycles. The number of carbonyl (C=O) groups excluding carboxylic acids is 1. The lowest BCUT2D eigenvalue weighted by Gasteiger charge is -2.27. The van der Waals surface area contributed by atoms with Crippen molar-refractivity contribution in [2.75, 3.05) is 31.1 Å². The number of hydrogen-bond donors (Lipinski definition) is 1. The zero-order valence-electron chi connectivity index (χ0n) is 17.8. The molecule has 0 saturated carbocycles. The Balaban J connectivity index is 1.68. The summed E-state index contributed by atoms with van der Waals surface area (Å²) in [5, 5.41) is 7.51. The lowest BCUT2D eigenvalue weighted by atomic mass is 10.0. The number of rotatable bonds is 8. The van der Waals surface area contributed by atoms with Gasteiger partial charge in [0.25, 0.3) is 0 Å². The number of aromatic nitrogens is 4. The second-order valence-corrected chi connectivity index (χ2v) is 7.48. The molecule has 4 heterocycles. The summed E-state index contributed by atoms with van der Waals surface area (Å²) in [5.41, 5.74) is 2.58. The third kappa shape index (κ3) is 4.36. The van der Waals surface area contributed by atoms with Gasteiger partial charge in [0.2, 0.25) is 0 Å². The van der Waals surface area contributed by atoms with Gasteiger partial charge in [-0.2, -0.15) is 5.10 Å². The molecule has 1 aliphatic heterocycles. The van der Waals surface area contributed by atoms with Gasteiger partial charge < -0.3 is 15.0 Å². The highest BCUT2D eigenvalue weighted by Gasteiger charge is 2.30. The Bertz CT molecular complexity index is 1070. The predicted octanol–water partition coefficient (Wildman–Crippen LogP) is 2.93. The first-order valence-corrected chi connectivity index (χ1v) is 10.8. The molecule has 1 fully saturated rings. The summed E-state index contributed by atoms with van der Waals surface area (Å²) in [7, 11) is 0. The molecular formula is C22H27FN6O2. The maximum atomic E-state index is 14.1. The molecule has 0 radical (unpaired) electrons. The zero-order chi connectivity index (χ0) is 21.8. The Kier molecular flexibility index (Phi) is 6.41. The average Bonchev–Trinajstić information content (AvgIpc) is 3.41. The molecule has 4 rings (SSSR count). The van der Waals surface area contributed by atoms with Crippen molar-refractivity contribution in [1.82, 2.24) is 24.9 Å². The smallest absolute Gasteiger partial charge is 0.343 e. The first-order chi connectivity index (χ1) is 15.1. The highest BCUT2D eigenvalue weighted by Crippen LogP contribution is 2.37. The van der Waals surface area contributed by atoms with Crippen molar-refractivity contribution in [3.05, 3.63) is 53.4 Å². The molecular weight excluding hydrogens is 399 g/mol. The number of ether oxygens (including phenoxy) is 1. The zero-order valence-corrected chi connectivity index (χ0v) is 17.8. The van der Waals surface area contributed by atoms with Gasteiger partial charge in [0.15, 0.2) is 5.65 Å². The standard InChI is InChI=1S/C22H27FN6O2/c1-3-24-9-7-18-16(12-15(23)13-25-18)19-6-5-10-28(19)20-8-11-29-21(27-20)17(14-26-29)22(30)31-4-2/h8,11-14,19,24H,3-7,9-10H2,1-2H3/t19-/m0/s1. The minimum Gasteiger partial charge on any atom is -0.462 e. The molecule has 0 amide bonds. The largest absolute Gasteiger partial charge is 0.462 e. The van der Waals surface area contributed by atoms with E-state index < -0.39 is 5.97 Å². The van der Waals surface area contributed by atoms with Gasteiger partial charge in [0.05, 0.1) is 25.0 Å². The number of nitrogens with zero attached hydrogens (tertiary/aromatic N) is 5. The van der Waals surface area contributed by atoms with E-state index in [0.29, 0.717) is 11.2 Å².